The van der Waals surface area contributed by atoms with Crippen molar-refractivity contribution in [1.82, 2.24) is 15.1 Å². The number of rotatable bonds is 3. The van der Waals surface area contributed by atoms with Gasteiger partial charge in [0.25, 0.3) is 0 Å². The second-order valence-electron chi connectivity index (χ2n) is 6.30. The Balaban J connectivity index is 1.64. The summed E-state index contributed by atoms with van der Waals surface area (Å²) in [6.07, 6.45) is 2.07. The third-order valence-electron chi connectivity index (χ3n) is 4.29. The highest BCUT2D eigenvalue weighted by molar-refractivity contribution is 7.99. The lowest BCUT2D eigenvalue weighted by atomic mass is 9.97. The van der Waals surface area contributed by atoms with Crippen LogP contribution in [0.15, 0.2) is 0 Å². The van der Waals surface area contributed by atoms with Crippen LogP contribution >= 0.6 is 23.1 Å². The molecule has 2 saturated heterocycles. The third kappa shape index (κ3) is 3.56. The van der Waals surface area contributed by atoms with Gasteiger partial charge in [-0.1, -0.05) is 25.2 Å². The van der Waals surface area contributed by atoms with Gasteiger partial charge in [0.15, 0.2) is 0 Å². The molecule has 3 rings (SSSR count). The van der Waals surface area contributed by atoms with E-state index in [0.29, 0.717) is 11.8 Å². The second kappa shape index (κ2) is 7.17. The summed E-state index contributed by atoms with van der Waals surface area (Å²) in [4.78, 5) is 17.0. The molecule has 1 unspecified atom stereocenters. The van der Waals surface area contributed by atoms with Crippen LogP contribution in [0.2, 0.25) is 0 Å². The summed E-state index contributed by atoms with van der Waals surface area (Å²) in [6.45, 7) is 7.90. The Morgan fingerprint density at radius 1 is 1.23 bits per heavy atom. The standard InChI is InChI=1S/C15H24N4OS2/c1-11(2)13-16-17-15(22-13)19-5-3-4-12(10-19)14(20)18-6-8-21-9-7-18/h11-12H,3-10H2,1-2H3. The lowest BCUT2D eigenvalue weighted by Gasteiger charge is -2.35. The maximum atomic E-state index is 12.7. The zero-order chi connectivity index (χ0) is 15.5. The first kappa shape index (κ1) is 16.1. The molecule has 1 amide bonds. The van der Waals surface area contributed by atoms with Gasteiger partial charge in [0.1, 0.15) is 5.01 Å². The number of carbonyl (C=O) groups excluding carboxylic acids is 1. The second-order valence-corrected chi connectivity index (χ2v) is 8.51. The fraction of sp³-hybridized carbons (Fsp3) is 0.800. The van der Waals surface area contributed by atoms with Gasteiger partial charge >= 0.3 is 0 Å². The lowest BCUT2D eigenvalue weighted by Crippen LogP contribution is -2.47. The fourth-order valence-corrected chi connectivity index (χ4v) is 4.77. The molecule has 1 aromatic heterocycles. The summed E-state index contributed by atoms with van der Waals surface area (Å²) >= 11 is 3.62. The molecule has 0 saturated carbocycles. The van der Waals surface area contributed by atoms with Gasteiger partial charge in [-0.2, -0.15) is 11.8 Å². The molecule has 0 N–H and O–H groups in total. The van der Waals surface area contributed by atoms with Gasteiger partial charge in [0.05, 0.1) is 5.92 Å². The van der Waals surface area contributed by atoms with Crippen molar-refractivity contribution < 1.29 is 4.79 Å². The summed E-state index contributed by atoms with van der Waals surface area (Å²) in [5.41, 5.74) is 0. The van der Waals surface area contributed by atoms with Crippen LogP contribution in [0, 0.1) is 5.92 Å². The van der Waals surface area contributed by atoms with Gasteiger partial charge in [0, 0.05) is 43.6 Å². The summed E-state index contributed by atoms with van der Waals surface area (Å²) < 4.78 is 0. The maximum absolute atomic E-state index is 12.7. The van der Waals surface area contributed by atoms with Crippen molar-refractivity contribution in [1.29, 1.82) is 0 Å². The van der Waals surface area contributed by atoms with Crippen molar-refractivity contribution in [3.05, 3.63) is 5.01 Å². The van der Waals surface area contributed by atoms with Crippen molar-refractivity contribution in [2.45, 2.75) is 32.6 Å². The Labute approximate surface area is 140 Å². The normalized spacial score (nSPS) is 23.1. The van der Waals surface area contributed by atoms with Crippen molar-refractivity contribution in [3.63, 3.8) is 0 Å². The van der Waals surface area contributed by atoms with Crippen molar-refractivity contribution in [2.75, 3.05) is 42.6 Å². The van der Waals surface area contributed by atoms with E-state index >= 15 is 0 Å². The number of aromatic nitrogens is 2. The summed E-state index contributed by atoms with van der Waals surface area (Å²) in [7, 11) is 0. The van der Waals surface area contributed by atoms with Crippen LogP contribution in [0.25, 0.3) is 0 Å². The van der Waals surface area contributed by atoms with Gasteiger partial charge in [-0.25, -0.2) is 0 Å². The minimum absolute atomic E-state index is 0.128. The molecule has 5 nitrogen and oxygen atoms in total. The molecular weight excluding hydrogens is 316 g/mol. The molecule has 2 aliphatic rings. The molecule has 22 heavy (non-hydrogen) atoms. The van der Waals surface area contributed by atoms with E-state index in [2.05, 4.69) is 33.8 Å². The van der Waals surface area contributed by atoms with Gasteiger partial charge in [0.2, 0.25) is 11.0 Å². The molecule has 0 spiro atoms. The van der Waals surface area contributed by atoms with Crippen LogP contribution in [-0.2, 0) is 4.79 Å². The van der Waals surface area contributed by atoms with Gasteiger partial charge in [-0.3, -0.25) is 4.79 Å². The topological polar surface area (TPSA) is 49.3 Å². The quantitative estimate of drug-likeness (QED) is 0.846. The summed E-state index contributed by atoms with van der Waals surface area (Å²) in [6, 6.07) is 0. The van der Waals surface area contributed by atoms with Crippen LogP contribution in [0.4, 0.5) is 5.13 Å². The van der Waals surface area contributed by atoms with E-state index in [0.717, 1.165) is 60.7 Å². The Morgan fingerprint density at radius 3 is 2.68 bits per heavy atom. The molecule has 2 aliphatic heterocycles. The minimum Gasteiger partial charge on any atom is -0.346 e. The average molecular weight is 341 g/mol. The summed E-state index contributed by atoms with van der Waals surface area (Å²) in [5.74, 6) is 3.05. The van der Waals surface area contributed by atoms with E-state index < -0.39 is 0 Å². The molecular formula is C15H24N4OS2. The number of piperidine rings is 1. The molecule has 0 aromatic carbocycles. The highest BCUT2D eigenvalue weighted by Gasteiger charge is 2.31. The molecule has 1 atom stereocenters. The van der Waals surface area contributed by atoms with Crippen molar-refractivity contribution in [2.24, 2.45) is 5.92 Å². The number of carbonyl (C=O) groups is 1. The third-order valence-corrected chi connectivity index (χ3v) is 6.51. The number of hydrogen-bond acceptors (Lipinski definition) is 6. The van der Waals surface area contributed by atoms with E-state index in [9.17, 15) is 4.79 Å². The van der Waals surface area contributed by atoms with E-state index in [1.165, 1.54) is 0 Å². The molecule has 122 valence electrons. The van der Waals surface area contributed by atoms with Crippen LogP contribution in [-0.4, -0.2) is 58.7 Å². The van der Waals surface area contributed by atoms with E-state index in [1.54, 1.807) is 11.3 Å². The number of amides is 1. The Hall–Kier alpha value is -0.820. The molecule has 7 heteroatoms. The largest absolute Gasteiger partial charge is 0.346 e. The highest BCUT2D eigenvalue weighted by atomic mass is 32.2. The first-order chi connectivity index (χ1) is 10.6. The van der Waals surface area contributed by atoms with Crippen LogP contribution in [0.5, 0.6) is 0 Å². The molecule has 2 fully saturated rings. The monoisotopic (exact) mass is 340 g/mol. The van der Waals surface area contributed by atoms with Crippen molar-refractivity contribution in [3.8, 4) is 0 Å². The first-order valence-corrected chi connectivity index (χ1v) is 10.1. The van der Waals surface area contributed by atoms with Crippen LogP contribution < -0.4 is 4.90 Å². The first-order valence-electron chi connectivity index (χ1n) is 8.10. The lowest BCUT2D eigenvalue weighted by molar-refractivity contribution is -0.135. The van der Waals surface area contributed by atoms with E-state index in [1.807, 2.05) is 11.8 Å². The van der Waals surface area contributed by atoms with Crippen molar-refractivity contribution >= 4 is 34.1 Å². The number of thioether (sulfide) groups is 1. The zero-order valence-electron chi connectivity index (χ0n) is 13.3. The molecule has 0 aliphatic carbocycles. The molecule has 0 bridgehead atoms. The minimum atomic E-state index is 0.128. The maximum Gasteiger partial charge on any atom is 0.227 e. The predicted molar refractivity (Wildman–Crippen MR) is 92.8 cm³/mol. The zero-order valence-corrected chi connectivity index (χ0v) is 15.0. The number of nitrogens with zero attached hydrogens (tertiary/aromatic N) is 4. The van der Waals surface area contributed by atoms with Crippen LogP contribution in [0.3, 0.4) is 0 Å². The Morgan fingerprint density at radius 2 is 2.00 bits per heavy atom. The molecule has 3 heterocycles. The average Bonchev–Trinajstić information content (AvgIpc) is 3.05. The number of anilines is 1. The SMILES string of the molecule is CC(C)c1nnc(N2CCCC(C(=O)N3CCSCC3)C2)s1. The highest BCUT2D eigenvalue weighted by Crippen LogP contribution is 2.30. The van der Waals surface area contributed by atoms with E-state index in [-0.39, 0.29) is 5.92 Å². The van der Waals surface area contributed by atoms with E-state index in [4.69, 9.17) is 0 Å². The van der Waals surface area contributed by atoms with Crippen LogP contribution in [0.1, 0.15) is 37.6 Å². The van der Waals surface area contributed by atoms with Gasteiger partial charge in [-0.05, 0) is 12.8 Å². The molecule has 0 radical (unpaired) electrons. The predicted octanol–water partition coefficient (Wildman–Crippen LogP) is 2.45. The smallest absolute Gasteiger partial charge is 0.227 e. The number of hydrogen-bond donors (Lipinski definition) is 0. The molecule has 1 aromatic rings. The summed E-state index contributed by atoms with van der Waals surface area (Å²) in [5, 5.41) is 10.7. The Kier molecular flexibility index (Phi) is 5.23. The van der Waals surface area contributed by atoms with Gasteiger partial charge in [-0.15, -0.1) is 10.2 Å². The Bertz CT molecular complexity index is 513. The fourth-order valence-electron chi connectivity index (χ4n) is 2.98. The van der Waals surface area contributed by atoms with Gasteiger partial charge < -0.3 is 9.80 Å².